The number of hydrogen-bond acceptors (Lipinski definition) is 2. The van der Waals surface area contributed by atoms with E-state index < -0.39 is 0 Å². The molecule has 0 bridgehead atoms. The zero-order chi connectivity index (χ0) is 9.40. The maximum atomic E-state index is 5.10. The highest BCUT2D eigenvalue weighted by Crippen LogP contribution is 2.13. The first-order valence-corrected chi connectivity index (χ1v) is 4.07. The van der Waals surface area contributed by atoms with Crippen molar-refractivity contribution < 1.29 is 9.47 Å². The lowest BCUT2D eigenvalue weighted by Gasteiger charge is -2.16. The average molecular weight is 168 g/mol. The molecule has 0 radical (unpaired) electrons. The Labute approximate surface area is 74.2 Å². The third-order valence-electron chi connectivity index (χ3n) is 1.30. The van der Waals surface area contributed by atoms with Crippen LogP contribution < -0.4 is 0 Å². The van der Waals surface area contributed by atoms with Gasteiger partial charge >= 0.3 is 0 Å². The summed E-state index contributed by atoms with van der Waals surface area (Å²) in [7, 11) is 0. The van der Waals surface area contributed by atoms with Crippen LogP contribution in [0, 0.1) is 0 Å². The molecule has 68 valence electrons. The summed E-state index contributed by atoms with van der Waals surface area (Å²) in [5, 5.41) is 0. The van der Waals surface area contributed by atoms with Gasteiger partial charge in [0, 0.05) is 5.57 Å². The largest absolute Gasteiger partial charge is 0.467 e. The van der Waals surface area contributed by atoms with Gasteiger partial charge in [-0.15, -0.1) is 0 Å². The van der Waals surface area contributed by atoms with Gasteiger partial charge in [0.15, 0.2) is 6.79 Å². The second-order valence-corrected chi connectivity index (χ2v) is 1.91. The van der Waals surface area contributed by atoms with Crippen LogP contribution in [0.15, 0.2) is 36.6 Å². The average Bonchev–Trinajstić information content (AvgIpc) is 2.20. The van der Waals surface area contributed by atoms with Crippen molar-refractivity contribution in [3.63, 3.8) is 0 Å². The summed E-state index contributed by atoms with van der Waals surface area (Å²) in [5.41, 5.74) is 0.959. The Hall–Kier alpha value is -1.02. The van der Waals surface area contributed by atoms with Crippen molar-refractivity contribution in [2.75, 3.05) is 13.4 Å². The van der Waals surface area contributed by atoms with Crippen LogP contribution in [0.4, 0.5) is 0 Å². The third kappa shape index (κ3) is 2.93. The predicted molar refractivity (Wildman–Crippen MR) is 50.7 cm³/mol. The zero-order valence-corrected chi connectivity index (χ0v) is 7.80. The molecule has 1 rings (SSSR count). The Kier molecular flexibility index (Phi) is 6.11. The van der Waals surface area contributed by atoms with Gasteiger partial charge in [-0.05, 0) is 6.08 Å². The van der Waals surface area contributed by atoms with Crippen molar-refractivity contribution in [3.05, 3.63) is 36.6 Å². The van der Waals surface area contributed by atoms with Gasteiger partial charge in [0.05, 0.1) is 6.61 Å². The Bertz CT molecular complexity index is 160. The van der Waals surface area contributed by atoms with Gasteiger partial charge < -0.3 is 9.47 Å². The van der Waals surface area contributed by atoms with E-state index in [1.165, 1.54) is 0 Å². The molecular weight excluding hydrogens is 152 g/mol. The molecule has 0 aromatic carbocycles. The Balaban J connectivity index is 0.000000561. The van der Waals surface area contributed by atoms with Gasteiger partial charge in [0.1, 0.15) is 5.76 Å². The molecule has 2 heteroatoms. The third-order valence-corrected chi connectivity index (χ3v) is 1.30. The molecule has 0 atom stereocenters. The van der Waals surface area contributed by atoms with Gasteiger partial charge in [0.2, 0.25) is 0 Å². The maximum Gasteiger partial charge on any atom is 0.189 e. The normalized spacial score (nSPS) is 15.5. The molecule has 1 heterocycles. The van der Waals surface area contributed by atoms with Crippen molar-refractivity contribution in [2.24, 2.45) is 0 Å². The maximum absolute atomic E-state index is 5.10. The van der Waals surface area contributed by atoms with E-state index in [9.17, 15) is 0 Å². The van der Waals surface area contributed by atoms with E-state index in [2.05, 4.69) is 13.2 Å². The molecule has 0 aliphatic carbocycles. The Morgan fingerprint density at radius 2 is 1.92 bits per heavy atom. The first-order valence-electron chi connectivity index (χ1n) is 4.07. The molecule has 0 aromatic rings. The quantitative estimate of drug-likeness (QED) is 0.631. The molecule has 0 fully saturated rings. The molecule has 2 nitrogen and oxygen atoms in total. The fourth-order valence-corrected chi connectivity index (χ4v) is 0.770. The van der Waals surface area contributed by atoms with Crippen LogP contribution >= 0.6 is 0 Å². The molecule has 0 amide bonds. The standard InChI is InChI=1S/C8H10O2.C2H6/c1-3-7-5-9-6-10-8(7)4-2;1-2/h3-4H,1-2,5-6H2;1-2H3. The van der Waals surface area contributed by atoms with E-state index in [0.717, 1.165) is 11.3 Å². The monoisotopic (exact) mass is 168 g/mol. The van der Waals surface area contributed by atoms with Gasteiger partial charge in [-0.1, -0.05) is 33.1 Å². The van der Waals surface area contributed by atoms with E-state index in [1.54, 1.807) is 12.2 Å². The minimum absolute atomic E-state index is 0.318. The lowest BCUT2D eigenvalue weighted by molar-refractivity contribution is -0.0292. The Morgan fingerprint density at radius 1 is 1.25 bits per heavy atom. The topological polar surface area (TPSA) is 18.5 Å². The van der Waals surface area contributed by atoms with E-state index >= 15 is 0 Å². The number of rotatable bonds is 2. The fraction of sp³-hybridized carbons (Fsp3) is 0.400. The summed E-state index contributed by atoms with van der Waals surface area (Å²) < 4.78 is 10.1. The summed E-state index contributed by atoms with van der Waals surface area (Å²) in [5.74, 6) is 0.779. The van der Waals surface area contributed by atoms with E-state index in [-0.39, 0.29) is 0 Å². The summed E-state index contributed by atoms with van der Waals surface area (Å²) in [6.45, 7) is 12.1. The van der Waals surface area contributed by atoms with Crippen molar-refractivity contribution in [1.29, 1.82) is 0 Å². The summed E-state index contributed by atoms with van der Waals surface area (Å²) in [6, 6.07) is 0. The van der Waals surface area contributed by atoms with Crippen LogP contribution in [0.5, 0.6) is 0 Å². The van der Waals surface area contributed by atoms with Crippen LogP contribution in [-0.2, 0) is 9.47 Å². The lowest BCUT2D eigenvalue weighted by Crippen LogP contribution is -2.11. The van der Waals surface area contributed by atoms with Crippen molar-refractivity contribution >= 4 is 0 Å². The minimum Gasteiger partial charge on any atom is -0.467 e. The Morgan fingerprint density at radius 3 is 2.33 bits per heavy atom. The molecule has 0 unspecified atom stereocenters. The van der Waals surface area contributed by atoms with Gasteiger partial charge in [-0.3, -0.25) is 0 Å². The molecule has 12 heavy (non-hydrogen) atoms. The van der Waals surface area contributed by atoms with Crippen LogP contribution in [0.2, 0.25) is 0 Å². The highest BCUT2D eigenvalue weighted by atomic mass is 16.7. The second kappa shape index (κ2) is 6.68. The summed E-state index contributed by atoms with van der Waals surface area (Å²) >= 11 is 0. The first kappa shape index (κ1) is 11.0. The molecule has 0 spiro atoms. The highest BCUT2D eigenvalue weighted by Gasteiger charge is 2.07. The predicted octanol–water partition coefficient (Wildman–Crippen LogP) is 2.64. The van der Waals surface area contributed by atoms with Crippen molar-refractivity contribution in [2.45, 2.75) is 13.8 Å². The number of hydrogen-bond donors (Lipinski definition) is 0. The van der Waals surface area contributed by atoms with E-state index in [1.807, 2.05) is 13.8 Å². The summed E-state index contributed by atoms with van der Waals surface area (Å²) in [4.78, 5) is 0. The van der Waals surface area contributed by atoms with Crippen molar-refractivity contribution in [1.82, 2.24) is 0 Å². The van der Waals surface area contributed by atoms with Crippen LogP contribution in [0.25, 0.3) is 0 Å². The van der Waals surface area contributed by atoms with E-state index in [4.69, 9.17) is 9.47 Å². The molecule has 0 aromatic heterocycles. The van der Waals surface area contributed by atoms with Gasteiger partial charge in [-0.2, -0.15) is 0 Å². The fourth-order valence-electron chi connectivity index (χ4n) is 0.770. The highest BCUT2D eigenvalue weighted by molar-refractivity contribution is 5.28. The smallest absolute Gasteiger partial charge is 0.189 e. The number of ether oxygens (including phenoxy) is 2. The molecule has 1 aliphatic rings. The van der Waals surface area contributed by atoms with Gasteiger partial charge in [-0.25, -0.2) is 0 Å². The van der Waals surface area contributed by atoms with Crippen LogP contribution in [-0.4, -0.2) is 13.4 Å². The SMILES string of the molecule is C=CC1=C(C=C)OCOC1.CC. The lowest BCUT2D eigenvalue weighted by atomic mass is 10.2. The molecular formula is C10H16O2. The molecule has 0 saturated carbocycles. The summed E-state index contributed by atoms with van der Waals surface area (Å²) in [6.07, 6.45) is 3.38. The first-order chi connectivity index (χ1) is 5.88. The molecule has 0 saturated heterocycles. The molecule has 1 aliphatic heterocycles. The zero-order valence-electron chi connectivity index (χ0n) is 7.80. The number of allylic oxidation sites excluding steroid dienone is 1. The minimum atomic E-state index is 0.318. The van der Waals surface area contributed by atoms with Gasteiger partial charge in [0.25, 0.3) is 0 Å². The van der Waals surface area contributed by atoms with E-state index in [0.29, 0.717) is 13.4 Å². The molecule has 0 N–H and O–H groups in total. The van der Waals surface area contributed by atoms with Crippen LogP contribution in [0.3, 0.4) is 0 Å². The second-order valence-electron chi connectivity index (χ2n) is 1.91. The van der Waals surface area contributed by atoms with Crippen molar-refractivity contribution in [3.8, 4) is 0 Å². The van der Waals surface area contributed by atoms with Crippen LogP contribution in [0.1, 0.15) is 13.8 Å².